The third-order valence-corrected chi connectivity index (χ3v) is 6.21. The number of ether oxygens (including phenoxy) is 3. The molecule has 0 saturated heterocycles. The van der Waals surface area contributed by atoms with Crippen molar-refractivity contribution in [1.29, 1.82) is 0 Å². The Labute approximate surface area is 232 Å². The number of methoxy groups -OCH3 is 2. The van der Waals surface area contributed by atoms with Gasteiger partial charge in [-0.05, 0) is 67.1 Å². The quantitative estimate of drug-likeness (QED) is 0.180. The molecule has 8 nitrogen and oxygen atoms in total. The summed E-state index contributed by atoms with van der Waals surface area (Å²) in [5, 5.41) is 5.55. The minimum Gasteiger partial charge on any atom is -0.493 e. The Morgan fingerprint density at radius 1 is 0.897 bits per heavy atom. The highest BCUT2D eigenvalue weighted by Gasteiger charge is 2.16. The number of amides is 2. The highest BCUT2D eigenvalue weighted by molar-refractivity contribution is 7.99. The molecule has 3 rings (SSSR count). The number of anilines is 1. The van der Waals surface area contributed by atoms with E-state index in [1.165, 1.54) is 32.1 Å². The van der Waals surface area contributed by atoms with Gasteiger partial charge in [0.15, 0.2) is 11.5 Å². The van der Waals surface area contributed by atoms with E-state index in [2.05, 4.69) is 10.6 Å². The van der Waals surface area contributed by atoms with E-state index in [4.69, 9.17) is 14.2 Å². The Morgan fingerprint density at radius 2 is 1.62 bits per heavy atom. The van der Waals surface area contributed by atoms with E-state index in [0.29, 0.717) is 40.7 Å². The first-order valence-corrected chi connectivity index (χ1v) is 13.1. The molecule has 39 heavy (non-hydrogen) atoms. The monoisotopic (exact) mass is 546 g/mol. The van der Waals surface area contributed by atoms with Crippen LogP contribution >= 0.6 is 11.8 Å². The fourth-order valence-electron chi connectivity index (χ4n) is 3.36. The Morgan fingerprint density at radius 3 is 2.28 bits per heavy atom. The zero-order valence-corrected chi connectivity index (χ0v) is 22.7. The molecule has 0 aliphatic heterocycles. The maximum atomic E-state index is 13.3. The van der Waals surface area contributed by atoms with E-state index < -0.39 is 11.8 Å². The van der Waals surface area contributed by atoms with Gasteiger partial charge in [-0.25, -0.2) is 4.79 Å². The molecular weight excluding hydrogens is 516 g/mol. The Balaban J connectivity index is 1.75. The van der Waals surface area contributed by atoms with Gasteiger partial charge in [0.05, 0.1) is 20.8 Å². The number of esters is 1. The predicted molar refractivity (Wildman–Crippen MR) is 153 cm³/mol. The maximum absolute atomic E-state index is 13.3. The molecule has 0 heterocycles. The number of hydrogen-bond donors (Lipinski definition) is 2. The van der Waals surface area contributed by atoms with Crippen LogP contribution in [0.2, 0.25) is 0 Å². The molecule has 0 bridgehead atoms. The van der Waals surface area contributed by atoms with Crippen LogP contribution in [0.25, 0.3) is 6.08 Å². The van der Waals surface area contributed by atoms with E-state index in [-0.39, 0.29) is 11.7 Å². The lowest BCUT2D eigenvalue weighted by Crippen LogP contribution is -2.30. The third-order valence-electron chi connectivity index (χ3n) is 5.25. The maximum Gasteiger partial charge on any atom is 0.330 e. The second-order valence-corrected chi connectivity index (χ2v) is 9.03. The summed E-state index contributed by atoms with van der Waals surface area (Å²) < 4.78 is 15.5. The molecular formula is C30H30N2O6S. The first kappa shape index (κ1) is 29.1. The molecule has 0 saturated carbocycles. The number of thioether (sulfide) groups is 1. The molecule has 3 aromatic carbocycles. The van der Waals surface area contributed by atoms with Crippen LogP contribution in [-0.4, -0.2) is 44.4 Å². The summed E-state index contributed by atoms with van der Waals surface area (Å²) in [5.41, 5.74) is 1.66. The highest BCUT2D eigenvalue weighted by atomic mass is 32.2. The van der Waals surface area contributed by atoms with Crippen LogP contribution in [0.3, 0.4) is 0 Å². The van der Waals surface area contributed by atoms with Crippen LogP contribution in [0.1, 0.15) is 22.8 Å². The summed E-state index contributed by atoms with van der Waals surface area (Å²) in [6.07, 6.45) is 4.71. The lowest BCUT2D eigenvalue weighted by molar-refractivity contribution is -0.137. The van der Waals surface area contributed by atoms with Gasteiger partial charge in [-0.3, -0.25) is 9.59 Å². The summed E-state index contributed by atoms with van der Waals surface area (Å²) in [5.74, 6) is 0.349. The number of carbonyl (C=O) groups is 3. The smallest absolute Gasteiger partial charge is 0.330 e. The van der Waals surface area contributed by atoms with E-state index >= 15 is 0 Å². The summed E-state index contributed by atoms with van der Waals surface area (Å²) >= 11 is 1.53. The average Bonchev–Trinajstić information content (AvgIpc) is 2.96. The molecule has 0 atom stereocenters. The van der Waals surface area contributed by atoms with E-state index in [9.17, 15) is 14.4 Å². The largest absolute Gasteiger partial charge is 0.493 e. The van der Waals surface area contributed by atoms with Crippen molar-refractivity contribution in [3.63, 3.8) is 0 Å². The van der Waals surface area contributed by atoms with Crippen molar-refractivity contribution < 1.29 is 28.6 Å². The Hall–Kier alpha value is -4.50. The van der Waals surface area contributed by atoms with Crippen molar-refractivity contribution in [3.05, 3.63) is 102 Å². The number of hydrogen-bond acceptors (Lipinski definition) is 7. The fourth-order valence-corrected chi connectivity index (χ4v) is 4.08. The topological polar surface area (TPSA) is 103 Å². The molecule has 202 valence electrons. The second-order valence-electron chi connectivity index (χ2n) is 7.94. The van der Waals surface area contributed by atoms with Gasteiger partial charge in [-0.15, -0.1) is 11.8 Å². The molecule has 0 spiro atoms. The van der Waals surface area contributed by atoms with Crippen LogP contribution in [0.4, 0.5) is 5.69 Å². The zero-order chi connectivity index (χ0) is 28.0. The lowest BCUT2D eigenvalue weighted by atomic mass is 10.1. The number of nitrogens with one attached hydrogen (secondary N) is 2. The van der Waals surface area contributed by atoms with Crippen molar-refractivity contribution in [2.45, 2.75) is 11.8 Å². The van der Waals surface area contributed by atoms with E-state index in [0.717, 1.165) is 4.90 Å². The van der Waals surface area contributed by atoms with Crippen molar-refractivity contribution >= 4 is 41.3 Å². The molecule has 0 fully saturated rings. The molecule has 0 unspecified atom stereocenters. The van der Waals surface area contributed by atoms with Gasteiger partial charge >= 0.3 is 5.97 Å². The van der Waals surface area contributed by atoms with E-state index in [1.807, 2.05) is 18.2 Å². The summed E-state index contributed by atoms with van der Waals surface area (Å²) in [4.78, 5) is 38.5. The Kier molecular flexibility index (Phi) is 11.2. The van der Waals surface area contributed by atoms with Crippen molar-refractivity contribution in [3.8, 4) is 11.5 Å². The number of rotatable bonds is 12. The Bertz CT molecular complexity index is 1340. The van der Waals surface area contributed by atoms with Gasteiger partial charge in [-0.2, -0.15) is 0 Å². The van der Waals surface area contributed by atoms with Crippen LogP contribution < -0.4 is 20.1 Å². The standard InChI is InChI=1S/C30H30N2O6S/c1-4-38-28(33)11-8-18-39-24-15-13-23(14-16-24)31-30(35)25(32-29(34)22-9-6-5-7-10-22)19-21-12-17-26(36-2)27(20-21)37-3/h5-17,19-20H,4,18H2,1-3H3,(H,31,35)(H,32,34)/b11-8+,25-19-. The second kappa shape index (κ2) is 15.0. The first-order valence-electron chi connectivity index (χ1n) is 12.1. The normalized spacial score (nSPS) is 11.1. The third kappa shape index (κ3) is 9.08. The van der Waals surface area contributed by atoms with Crippen LogP contribution in [0.15, 0.2) is 95.5 Å². The molecule has 0 aromatic heterocycles. The molecule has 0 aliphatic carbocycles. The molecule has 3 aromatic rings. The highest BCUT2D eigenvalue weighted by Crippen LogP contribution is 2.28. The molecule has 0 aliphatic rings. The average molecular weight is 547 g/mol. The predicted octanol–water partition coefficient (Wildman–Crippen LogP) is 5.32. The van der Waals surface area contributed by atoms with Gasteiger partial charge < -0.3 is 24.8 Å². The molecule has 2 N–H and O–H groups in total. The van der Waals surface area contributed by atoms with E-state index in [1.54, 1.807) is 73.7 Å². The minimum atomic E-state index is -0.494. The minimum absolute atomic E-state index is 0.0543. The summed E-state index contributed by atoms with van der Waals surface area (Å²) in [6, 6.07) is 21.1. The molecule has 0 radical (unpaired) electrons. The van der Waals surface area contributed by atoms with Crippen molar-refractivity contribution in [2.75, 3.05) is 31.9 Å². The SMILES string of the molecule is CCOC(=O)/C=C/CSc1ccc(NC(=O)/C(=C/c2ccc(OC)c(OC)c2)NC(=O)c2ccccc2)cc1. The summed E-state index contributed by atoms with van der Waals surface area (Å²) in [7, 11) is 3.06. The zero-order valence-electron chi connectivity index (χ0n) is 21.9. The van der Waals surface area contributed by atoms with Crippen LogP contribution in [-0.2, 0) is 14.3 Å². The number of benzene rings is 3. The van der Waals surface area contributed by atoms with Gasteiger partial charge in [0.1, 0.15) is 5.70 Å². The van der Waals surface area contributed by atoms with Crippen molar-refractivity contribution in [2.24, 2.45) is 0 Å². The van der Waals surface area contributed by atoms with Crippen molar-refractivity contribution in [1.82, 2.24) is 5.32 Å². The lowest BCUT2D eigenvalue weighted by Gasteiger charge is -2.13. The first-order chi connectivity index (χ1) is 18.9. The van der Waals surface area contributed by atoms with Gasteiger partial charge in [0, 0.05) is 28.0 Å². The summed E-state index contributed by atoms with van der Waals surface area (Å²) in [6.45, 7) is 2.09. The number of carbonyl (C=O) groups excluding carboxylic acids is 3. The van der Waals surface area contributed by atoms with Crippen LogP contribution in [0, 0.1) is 0 Å². The van der Waals surface area contributed by atoms with Gasteiger partial charge in [0.2, 0.25) is 0 Å². The van der Waals surface area contributed by atoms with Crippen LogP contribution in [0.5, 0.6) is 11.5 Å². The van der Waals surface area contributed by atoms with Gasteiger partial charge in [0.25, 0.3) is 11.8 Å². The molecule has 9 heteroatoms. The van der Waals surface area contributed by atoms with Gasteiger partial charge in [-0.1, -0.05) is 30.3 Å². The fraction of sp³-hybridized carbons (Fsp3) is 0.167. The molecule has 2 amide bonds.